The molecule has 0 spiro atoms. The molecule has 4 rings (SSSR count). The maximum absolute atomic E-state index is 13.2. The average molecular weight is 352 g/mol. The SMILES string of the molecule is O=c1c2ccccc2n(CCCn2ccnc2)c(=O)n1C1CCCCC1. The van der Waals surface area contributed by atoms with E-state index in [1.165, 1.54) is 11.0 Å². The van der Waals surface area contributed by atoms with Crippen molar-refractivity contribution in [1.29, 1.82) is 0 Å². The van der Waals surface area contributed by atoms with Gasteiger partial charge in [-0.1, -0.05) is 31.4 Å². The van der Waals surface area contributed by atoms with Gasteiger partial charge in [0.05, 0.1) is 17.2 Å². The van der Waals surface area contributed by atoms with E-state index in [1.807, 2.05) is 35.0 Å². The summed E-state index contributed by atoms with van der Waals surface area (Å²) in [7, 11) is 0. The minimum atomic E-state index is -0.161. The third kappa shape index (κ3) is 3.11. The molecule has 136 valence electrons. The molecular formula is C20H24N4O2. The molecule has 1 fully saturated rings. The van der Waals surface area contributed by atoms with Gasteiger partial charge in [-0.05, 0) is 31.4 Å². The van der Waals surface area contributed by atoms with E-state index in [9.17, 15) is 9.59 Å². The van der Waals surface area contributed by atoms with Crippen molar-refractivity contribution in [2.24, 2.45) is 0 Å². The van der Waals surface area contributed by atoms with Crippen LogP contribution in [0.5, 0.6) is 0 Å². The van der Waals surface area contributed by atoms with Crippen LogP contribution in [0.15, 0.2) is 52.6 Å². The largest absolute Gasteiger partial charge is 0.337 e. The smallest absolute Gasteiger partial charge is 0.331 e. The molecule has 1 aliphatic rings. The van der Waals surface area contributed by atoms with Gasteiger partial charge in [-0.25, -0.2) is 9.78 Å². The molecule has 2 heterocycles. The Labute approximate surface area is 151 Å². The molecule has 0 saturated heterocycles. The second kappa shape index (κ2) is 7.32. The molecule has 1 saturated carbocycles. The predicted octanol–water partition coefficient (Wildman–Crippen LogP) is 2.96. The normalized spacial score (nSPS) is 15.5. The Kier molecular flexibility index (Phi) is 4.73. The van der Waals surface area contributed by atoms with Crippen molar-refractivity contribution in [1.82, 2.24) is 18.7 Å². The molecule has 0 unspecified atom stereocenters. The highest BCUT2D eigenvalue weighted by Gasteiger charge is 2.21. The van der Waals surface area contributed by atoms with E-state index in [0.717, 1.165) is 44.2 Å². The molecule has 0 amide bonds. The third-order valence-electron chi connectivity index (χ3n) is 5.38. The lowest BCUT2D eigenvalue weighted by molar-refractivity contribution is 0.331. The summed E-state index contributed by atoms with van der Waals surface area (Å²) in [6.07, 6.45) is 11.5. The van der Waals surface area contributed by atoms with Gasteiger partial charge in [0, 0.05) is 31.5 Å². The zero-order valence-electron chi connectivity index (χ0n) is 14.9. The number of para-hydroxylation sites is 1. The second-order valence-corrected chi connectivity index (χ2v) is 7.07. The summed E-state index contributed by atoms with van der Waals surface area (Å²) in [5.41, 5.74) is 0.440. The zero-order valence-corrected chi connectivity index (χ0v) is 14.9. The minimum absolute atomic E-state index is 0.0354. The Bertz CT molecular complexity index is 995. The van der Waals surface area contributed by atoms with Crippen molar-refractivity contribution in [2.75, 3.05) is 0 Å². The highest BCUT2D eigenvalue weighted by Crippen LogP contribution is 2.26. The topological polar surface area (TPSA) is 61.8 Å². The molecule has 6 nitrogen and oxygen atoms in total. The van der Waals surface area contributed by atoms with Gasteiger partial charge in [-0.3, -0.25) is 13.9 Å². The number of aryl methyl sites for hydroxylation is 2. The molecule has 6 heteroatoms. The predicted molar refractivity (Wildman–Crippen MR) is 101 cm³/mol. The van der Waals surface area contributed by atoms with E-state index in [0.29, 0.717) is 11.9 Å². The summed E-state index contributed by atoms with van der Waals surface area (Å²) in [5.74, 6) is 0. The van der Waals surface area contributed by atoms with Gasteiger partial charge in [-0.2, -0.15) is 0 Å². The molecule has 3 aromatic rings. The fourth-order valence-corrected chi connectivity index (χ4v) is 4.05. The fraction of sp³-hybridized carbons (Fsp3) is 0.450. The van der Waals surface area contributed by atoms with Gasteiger partial charge in [0.25, 0.3) is 5.56 Å². The van der Waals surface area contributed by atoms with E-state index in [2.05, 4.69) is 4.98 Å². The molecule has 0 aliphatic heterocycles. The van der Waals surface area contributed by atoms with Crippen LogP contribution in [-0.2, 0) is 13.1 Å². The van der Waals surface area contributed by atoms with E-state index < -0.39 is 0 Å². The van der Waals surface area contributed by atoms with Crippen molar-refractivity contribution >= 4 is 10.9 Å². The van der Waals surface area contributed by atoms with Gasteiger partial charge in [0.1, 0.15) is 0 Å². The van der Waals surface area contributed by atoms with Crippen LogP contribution in [0, 0.1) is 0 Å². The van der Waals surface area contributed by atoms with Crippen LogP contribution in [0.2, 0.25) is 0 Å². The first-order valence-corrected chi connectivity index (χ1v) is 9.45. The van der Waals surface area contributed by atoms with Crippen LogP contribution in [0.3, 0.4) is 0 Å². The van der Waals surface area contributed by atoms with Crippen molar-refractivity contribution in [3.63, 3.8) is 0 Å². The first kappa shape index (κ1) is 16.8. The van der Waals surface area contributed by atoms with Crippen LogP contribution in [0.25, 0.3) is 10.9 Å². The number of benzene rings is 1. The lowest BCUT2D eigenvalue weighted by Crippen LogP contribution is -2.43. The lowest BCUT2D eigenvalue weighted by atomic mass is 9.95. The summed E-state index contributed by atoms with van der Waals surface area (Å²) in [5, 5.41) is 0.639. The second-order valence-electron chi connectivity index (χ2n) is 7.07. The summed E-state index contributed by atoms with van der Waals surface area (Å²) in [6.45, 7) is 1.38. The molecule has 1 aromatic carbocycles. The van der Waals surface area contributed by atoms with Crippen LogP contribution >= 0.6 is 0 Å². The van der Waals surface area contributed by atoms with E-state index >= 15 is 0 Å². The van der Waals surface area contributed by atoms with Gasteiger partial charge >= 0.3 is 5.69 Å². The highest BCUT2D eigenvalue weighted by atomic mass is 16.2. The van der Waals surface area contributed by atoms with E-state index in [-0.39, 0.29) is 17.3 Å². The molecule has 1 aliphatic carbocycles. The Morgan fingerprint density at radius 1 is 1.04 bits per heavy atom. The van der Waals surface area contributed by atoms with Crippen LogP contribution < -0.4 is 11.2 Å². The van der Waals surface area contributed by atoms with Crippen molar-refractivity contribution < 1.29 is 0 Å². The van der Waals surface area contributed by atoms with E-state index in [4.69, 9.17) is 0 Å². The minimum Gasteiger partial charge on any atom is -0.337 e. The van der Waals surface area contributed by atoms with Crippen LogP contribution in [0.1, 0.15) is 44.6 Å². The molecular weight excluding hydrogens is 328 g/mol. The van der Waals surface area contributed by atoms with Gasteiger partial charge in [0.15, 0.2) is 0 Å². The quantitative estimate of drug-likeness (QED) is 0.709. The molecule has 0 N–H and O–H groups in total. The summed E-state index contributed by atoms with van der Waals surface area (Å²) in [6, 6.07) is 7.50. The highest BCUT2D eigenvalue weighted by molar-refractivity contribution is 5.77. The van der Waals surface area contributed by atoms with Gasteiger partial charge in [0.2, 0.25) is 0 Å². The van der Waals surface area contributed by atoms with Gasteiger partial charge in [-0.15, -0.1) is 0 Å². The maximum Gasteiger partial charge on any atom is 0.331 e. The van der Waals surface area contributed by atoms with Crippen LogP contribution in [-0.4, -0.2) is 18.7 Å². The fourth-order valence-electron chi connectivity index (χ4n) is 4.05. The molecule has 0 atom stereocenters. The summed E-state index contributed by atoms with van der Waals surface area (Å²) < 4.78 is 5.31. The Hall–Kier alpha value is -2.63. The maximum atomic E-state index is 13.2. The number of fused-ring (bicyclic) bond motifs is 1. The standard InChI is InChI=1S/C20H24N4O2/c25-19-17-9-4-5-10-18(17)23(13-6-12-22-14-11-21-15-22)20(26)24(19)16-7-2-1-3-8-16/h4-5,9-11,14-16H,1-3,6-8,12-13H2. The first-order chi connectivity index (χ1) is 12.8. The number of hydrogen-bond donors (Lipinski definition) is 0. The molecule has 2 aromatic heterocycles. The Balaban J connectivity index is 1.74. The summed E-state index contributed by atoms with van der Waals surface area (Å²) in [4.78, 5) is 30.3. The molecule has 0 bridgehead atoms. The molecule has 0 radical (unpaired) electrons. The number of hydrogen-bond acceptors (Lipinski definition) is 3. The summed E-state index contributed by atoms with van der Waals surface area (Å²) >= 11 is 0. The van der Waals surface area contributed by atoms with Crippen molar-refractivity contribution in [2.45, 2.75) is 57.7 Å². The monoisotopic (exact) mass is 352 g/mol. The Morgan fingerprint density at radius 2 is 1.85 bits per heavy atom. The third-order valence-corrected chi connectivity index (χ3v) is 5.38. The van der Waals surface area contributed by atoms with Gasteiger partial charge < -0.3 is 4.57 Å². The Morgan fingerprint density at radius 3 is 2.62 bits per heavy atom. The zero-order chi connectivity index (χ0) is 17.9. The first-order valence-electron chi connectivity index (χ1n) is 9.45. The van der Waals surface area contributed by atoms with Crippen molar-refractivity contribution in [3.05, 3.63) is 63.8 Å². The van der Waals surface area contributed by atoms with Crippen LogP contribution in [0.4, 0.5) is 0 Å². The number of aromatic nitrogens is 4. The van der Waals surface area contributed by atoms with E-state index in [1.54, 1.807) is 17.1 Å². The molecule has 26 heavy (non-hydrogen) atoms. The van der Waals surface area contributed by atoms with Crippen molar-refractivity contribution in [3.8, 4) is 0 Å². The lowest BCUT2D eigenvalue weighted by Gasteiger charge is -2.24. The number of rotatable bonds is 5. The number of imidazole rings is 1. The number of nitrogens with zero attached hydrogens (tertiary/aromatic N) is 4. The average Bonchev–Trinajstić information content (AvgIpc) is 3.19.